The smallest absolute Gasteiger partial charge is 0.217 e. The summed E-state index contributed by atoms with van der Waals surface area (Å²) >= 11 is 0. The van der Waals surface area contributed by atoms with E-state index in [9.17, 15) is 0 Å². The highest BCUT2D eigenvalue weighted by Gasteiger charge is 2.53. The quantitative estimate of drug-likeness (QED) is 0.192. The molecule has 1 saturated carbocycles. The van der Waals surface area contributed by atoms with Gasteiger partial charge in [0.15, 0.2) is 0 Å². The molecule has 5 aromatic rings. The van der Waals surface area contributed by atoms with Crippen LogP contribution >= 0.6 is 0 Å². The molecular formula is C45H53N3O2. The fourth-order valence-corrected chi connectivity index (χ4v) is 8.59. The van der Waals surface area contributed by atoms with Crippen LogP contribution in [0.15, 0.2) is 59.7 Å². The number of aryl methyl sites for hydroxylation is 2. The highest BCUT2D eigenvalue weighted by molar-refractivity contribution is 6.12. The highest BCUT2D eigenvalue weighted by atomic mass is 16.5. The summed E-state index contributed by atoms with van der Waals surface area (Å²) in [6, 6.07) is 18.3. The lowest BCUT2D eigenvalue weighted by Crippen LogP contribution is -2.49. The Morgan fingerprint density at radius 3 is 2.16 bits per heavy atom. The van der Waals surface area contributed by atoms with Gasteiger partial charge in [-0.05, 0) is 122 Å². The Bertz CT molecular complexity index is 2270. The molecule has 260 valence electrons. The van der Waals surface area contributed by atoms with Crippen LogP contribution in [0.4, 0.5) is 0 Å². The molecule has 0 spiro atoms. The largest absolute Gasteiger partial charge is 0.469 e. The zero-order valence-corrected chi connectivity index (χ0v) is 32.2. The molecule has 1 aliphatic carbocycles. The SMILES string of the molecule is Cc1cnc2c(c1)C(C)(C)c1cc(C(C)(C)C)cc3c4cc(C)c(Oc5cc(C6=N[C@@]7(C)CCCC[C@]7(C)O6)cc(C(C)(C)C)c5)cc4n-2c13. The third-order valence-electron chi connectivity index (χ3n) is 12.2. The molecule has 2 atom stereocenters. The van der Waals surface area contributed by atoms with Crippen LogP contribution in [0.2, 0.25) is 0 Å². The summed E-state index contributed by atoms with van der Waals surface area (Å²) in [5.74, 6) is 3.38. The molecule has 5 nitrogen and oxygen atoms in total. The molecule has 3 aromatic carbocycles. The van der Waals surface area contributed by atoms with E-state index in [1.165, 1.54) is 56.9 Å². The second-order valence-electron chi connectivity index (χ2n) is 18.5. The number of rotatable bonds is 3. The standard InChI is InChI=1S/C45H53N3O2/c1-26-17-35-39(46-25-26)48-36-24-37(27(2)18-32(36)33-22-30(42(6,7)8)23-34(38(33)48)43(35,9)10)49-31-20-28(19-29(21-31)41(3,4)5)40-47-44(11)15-13-14-16-45(44,12)50-40/h17-25H,13-16H2,1-12H3/t44-,45-/m0/s1. The second-order valence-corrected chi connectivity index (χ2v) is 18.5. The summed E-state index contributed by atoms with van der Waals surface area (Å²) in [5, 5.41) is 2.50. The minimum absolute atomic E-state index is 0.00809. The lowest BCUT2D eigenvalue weighted by atomic mass is 9.72. The van der Waals surface area contributed by atoms with Gasteiger partial charge in [-0.15, -0.1) is 0 Å². The van der Waals surface area contributed by atoms with Crippen LogP contribution in [0.25, 0.3) is 27.6 Å². The Balaban J connectivity index is 1.32. The van der Waals surface area contributed by atoms with E-state index >= 15 is 0 Å². The fourth-order valence-electron chi connectivity index (χ4n) is 8.59. The van der Waals surface area contributed by atoms with E-state index in [2.05, 4.69) is 136 Å². The van der Waals surface area contributed by atoms with Crippen LogP contribution in [-0.4, -0.2) is 26.6 Å². The van der Waals surface area contributed by atoms with Crippen molar-refractivity contribution in [2.45, 2.75) is 136 Å². The number of fused-ring (bicyclic) bond motifs is 6. The average molecular weight is 668 g/mol. The maximum absolute atomic E-state index is 6.95. The van der Waals surface area contributed by atoms with E-state index in [1.54, 1.807) is 0 Å². The highest BCUT2D eigenvalue weighted by Crippen LogP contribution is 2.50. The predicted octanol–water partition coefficient (Wildman–Crippen LogP) is 11.7. The number of aromatic nitrogens is 2. The van der Waals surface area contributed by atoms with Gasteiger partial charge in [0, 0.05) is 39.6 Å². The van der Waals surface area contributed by atoms with Crippen molar-refractivity contribution in [3.8, 4) is 17.3 Å². The average Bonchev–Trinajstić information content (AvgIpc) is 3.50. The van der Waals surface area contributed by atoms with Crippen molar-refractivity contribution in [2.24, 2.45) is 4.99 Å². The first-order valence-corrected chi connectivity index (χ1v) is 18.5. The van der Waals surface area contributed by atoms with Gasteiger partial charge in [-0.2, -0.15) is 0 Å². The van der Waals surface area contributed by atoms with Gasteiger partial charge in [-0.1, -0.05) is 67.9 Å². The summed E-state index contributed by atoms with van der Waals surface area (Å²) in [6.45, 7) is 27.2. The summed E-state index contributed by atoms with van der Waals surface area (Å²) in [4.78, 5) is 10.4. The Labute approximate surface area is 298 Å². The number of hydrogen-bond acceptors (Lipinski definition) is 4. The van der Waals surface area contributed by atoms with Crippen LogP contribution in [0, 0.1) is 13.8 Å². The Morgan fingerprint density at radius 2 is 1.46 bits per heavy atom. The summed E-state index contributed by atoms with van der Waals surface area (Å²) in [5.41, 5.74) is 9.99. The molecule has 0 saturated heterocycles. The van der Waals surface area contributed by atoms with Crippen molar-refractivity contribution in [2.75, 3.05) is 0 Å². The summed E-state index contributed by atoms with van der Waals surface area (Å²) < 4.78 is 16.1. The molecule has 5 heteroatoms. The molecule has 0 unspecified atom stereocenters. The van der Waals surface area contributed by atoms with E-state index in [0.717, 1.165) is 52.7 Å². The van der Waals surface area contributed by atoms with Gasteiger partial charge in [0.2, 0.25) is 5.90 Å². The second kappa shape index (κ2) is 10.5. The molecule has 2 aliphatic heterocycles. The molecule has 8 rings (SSSR count). The number of nitrogens with zero attached hydrogens (tertiary/aromatic N) is 3. The van der Waals surface area contributed by atoms with E-state index in [-0.39, 0.29) is 27.4 Å². The summed E-state index contributed by atoms with van der Waals surface area (Å²) in [7, 11) is 0. The number of pyridine rings is 1. The third kappa shape index (κ3) is 4.86. The molecule has 0 amide bonds. The molecule has 4 heterocycles. The molecule has 0 bridgehead atoms. The van der Waals surface area contributed by atoms with Crippen molar-refractivity contribution in [3.05, 3.63) is 93.7 Å². The number of hydrogen-bond donors (Lipinski definition) is 0. The fraction of sp³-hybridized carbons (Fsp3) is 0.467. The van der Waals surface area contributed by atoms with Gasteiger partial charge in [0.1, 0.15) is 28.5 Å². The van der Waals surface area contributed by atoms with Gasteiger partial charge in [-0.3, -0.25) is 4.57 Å². The van der Waals surface area contributed by atoms with Crippen molar-refractivity contribution >= 4 is 27.7 Å². The van der Waals surface area contributed by atoms with E-state index in [0.29, 0.717) is 0 Å². The Morgan fingerprint density at radius 1 is 0.760 bits per heavy atom. The first-order valence-electron chi connectivity index (χ1n) is 18.5. The van der Waals surface area contributed by atoms with Crippen molar-refractivity contribution in [1.29, 1.82) is 0 Å². The van der Waals surface area contributed by atoms with E-state index in [1.807, 2.05) is 6.20 Å². The maximum atomic E-state index is 6.95. The minimum Gasteiger partial charge on any atom is -0.469 e. The molecule has 2 aromatic heterocycles. The van der Waals surface area contributed by atoms with Gasteiger partial charge in [-0.25, -0.2) is 9.98 Å². The molecule has 1 fully saturated rings. The van der Waals surface area contributed by atoms with Crippen LogP contribution in [0.1, 0.15) is 134 Å². The van der Waals surface area contributed by atoms with E-state index < -0.39 is 0 Å². The molecule has 0 radical (unpaired) electrons. The monoisotopic (exact) mass is 667 g/mol. The lowest BCUT2D eigenvalue weighted by molar-refractivity contribution is 0.000923. The molecule has 0 N–H and O–H groups in total. The Hall–Kier alpha value is -4.12. The van der Waals surface area contributed by atoms with E-state index in [4.69, 9.17) is 19.5 Å². The summed E-state index contributed by atoms with van der Waals surface area (Å²) in [6.07, 6.45) is 6.45. The van der Waals surface area contributed by atoms with Crippen LogP contribution < -0.4 is 4.74 Å². The number of benzene rings is 3. The van der Waals surface area contributed by atoms with Crippen LogP contribution in [0.3, 0.4) is 0 Å². The van der Waals surface area contributed by atoms with Crippen LogP contribution in [0.5, 0.6) is 11.5 Å². The van der Waals surface area contributed by atoms with Gasteiger partial charge in [0.05, 0.1) is 11.0 Å². The Kier molecular flexibility index (Phi) is 6.92. The first-order chi connectivity index (χ1) is 23.3. The maximum Gasteiger partial charge on any atom is 0.217 e. The first kappa shape index (κ1) is 33.0. The zero-order chi connectivity index (χ0) is 35.8. The third-order valence-corrected chi connectivity index (χ3v) is 12.2. The van der Waals surface area contributed by atoms with Crippen molar-refractivity contribution < 1.29 is 9.47 Å². The zero-order valence-electron chi connectivity index (χ0n) is 32.2. The van der Waals surface area contributed by atoms with Crippen molar-refractivity contribution in [3.63, 3.8) is 0 Å². The molecule has 50 heavy (non-hydrogen) atoms. The van der Waals surface area contributed by atoms with Crippen LogP contribution in [-0.2, 0) is 21.0 Å². The van der Waals surface area contributed by atoms with Gasteiger partial charge >= 0.3 is 0 Å². The lowest BCUT2D eigenvalue weighted by Gasteiger charge is -2.41. The topological polar surface area (TPSA) is 48.6 Å². The molecule has 3 aliphatic rings. The predicted molar refractivity (Wildman–Crippen MR) is 207 cm³/mol. The minimum atomic E-state index is -0.275. The normalized spacial score (nSPS) is 22.7. The number of ether oxygens (including phenoxy) is 2. The number of aliphatic imine (C=N–C) groups is 1. The molecular weight excluding hydrogens is 615 g/mol. The van der Waals surface area contributed by atoms with Crippen molar-refractivity contribution in [1.82, 2.24) is 9.55 Å². The van der Waals surface area contributed by atoms with Gasteiger partial charge in [0.25, 0.3) is 0 Å². The van der Waals surface area contributed by atoms with Gasteiger partial charge < -0.3 is 9.47 Å².